The summed E-state index contributed by atoms with van der Waals surface area (Å²) in [4.78, 5) is 14.8. The minimum atomic E-state index is -0.0426. The summed E-state index contributed by atoms with van der Waals surface area (Å²) in [5.41, 5.74) is 6.52. The van der Waals surface area contributed by atoms with Crippen molar-refractivity contribution in [2.24, 2.45) is 0 Å². The fourth-order valence-electron chi connectivity index (χ4n) is 1.83. The number of hydrogen-bond acceptors (Lipinski definition) is 5. The molecule has 106 valence electrons. The Balaban J connectivity index is 2.07. The van der Waals surface area contributed by atoms with E-state index in [0.29, 0.717) is 23.2 Å². The van der Waals surface area contributed by atoms with Crippen LogP contribution in [0, 0.1) is 0 Å². The van der Waals surface area contributed by atoms with Crippen molar-refractivity contribution in [3.05, 3.63) is 10.9 Å². The van der Waals surface area contributed by atoms with Crippen LogP contribution in [0.1, 0.15) is 29.4 Å². The lowest BCUT2D eigenvalue weighted by molar-refractivity contribution is 0.0956. The molecule has 1 amide bonds. The quantitative estimate of drug-likeness (QED) is 0.799. The largest absolute Gasteiger partial charge is 0.397 e. The molecule has 1 aliphatic carbocycles. The van der Waals surface area contributed by atoms with Crippen LogP contribution in [0.2, 0.25) is 0 Å². The molecular weight excluding hydrogens is 262 g/mol. The maximum Gasteiger partial charge on any atom is 0.263 e. The molecule has 1 saturated carbocycles. The van der Waals surface area contributed by atoms with Crippen molar-refractivity contribution in [2.45, 2.75) is 25.8 Å². The van der Waals surface area contributed by atoms with Gasteiger partial charge in [-0.2, -0.15) is 0 Å². The third-order valence-corrected chi connectivity index (χ3v) is 4.34. The molecule has 0 atom stereocenters. The minimum absolute atomic E-state index is 0.0426. The average Bonchev–Trinajstić information content (AvgIpc) is 3.11. The lowest BCUT2D eigenvalue weighted by Gasteiger charge is -2.20. The summed E-state index contributed by atoms with van der Waals surface area (Å²) in [6, 6.07) is 2.24. The Morgan fingerprint density at radius 3 is 2.95 bits per heavy atom. The molecule has 5 nitrogen and oxygen atoms in total. The second-order valence-electron chi connectivity index (χ2n) is 4.69. The fraction of sp³-hybridized carbons (Fsp3) is 0.615. The van der Waals surface area contributed by atoms with E-state index in [9.17, 15) is 4.79 Å². The topological polar surface area (TPSA) is 67.6 Å². The van der Waals surface area contributed by atoms with Gasteiger partial charge in [-0.25, -0.2) is 0 Å². The summed E-state index contributed by atoms with van der Waals surface area (Å²) >= 11 is 1.45. The van der Waals surface area contributed by atoms with Crippen LogP contribution in [0.5, 0.6) is 0 Å². The number of methoxy groups -OCH3 is 1. The molecule has 1 aromatic heterocycles. The van der Waals surface area contributed by atoms with Gasteiger partial charge in [-0.15, -0.1) is 11.3 Å². The molecule has 0 spiro atoms. The van der Waals surface area contributed by atoms with E-state index in [4.69, 9.17) is 10.5 Å². The molecule has 2 rings (SSSR count). The molecule has 0 radical (unpaired) electrons. The second kappa shape index (κ2) is 6.25. The Morgan fingerprint density at radius 2 is 2.37 bits per heavy atom. The maximum absolute atomic E-state index is 12.0. The number of nitrogens with two attached hydrogens (primary N) is 1. The van der Waals surface area contributed by atoms with E-state index in [1.54, 1.807) is 7.11 Å². The van der Waals surface area contributed by atoms with Gasteiger partial charge in [0, 0.05) is 26.2 Å². The molecule has 0 saturated heterocycles. The molecule has 0 aliphatic heterocycles. The highest BCUT2D eigenvalue weighted by molar-refractivity contribution is 7.18. The van der Waals surface area contributed by atoms with E-state index >= 15 is 0 Å². The Bertz CT molecular complexity index is 443. The van der Waals surface area contributed by atoms with Gasteiger partial charge in [0.15, 0.2) is 0 Å². The van der Waals surface area contributed by atoms with Crippen molar-refractivity contribution in [3.8, 4) is 0 Å². The van der Waals surface area contributed by atoms with Gasteiger partial charge in [-0.3, -0.25) is 4.79 Å². The van der Waals surface area contributed by atoms with Crippen LogP contribution < -0.4 is 16.0 Å². The van der Waals surface area contributed by atoms with Gasteiger partial charge in [0.25, 0.3) is 5.91 Å². The van der Waals surface area contributed by atoms with Crippen LogP contribution in [0.3, 0.4) is 0 Å². The predicted octanol–water partition coefficient (Wildman–Crippen LogP) is 1.70. The first-order valence-corrected chi connectivity index (χ1v) is 7.41. The predicted molar refractivity (Wildman–Crippen MR) is 79.0 cm³/mol. The minimum Gasteiger partial charge on any atom is -0.397 e. The number of amides is 1. The Morgan fingerprint density at radius 1 is 1.63 bits per heavy atom. The molecule has 1 aliphatic rings. The molecule has 0 unspecified atom stereocenters. The van der Waals surface area contributed by atoms with Gasteiger partial charge < -0.3 is 20.7 Å². The number of nitrogen functional groups attached to an aromatic ring is 1. The molecule has 1 fully saturated rings. The monoisotopic (exact) mass is 283 g/mol. The Hall–Kier alpha value is -1.27. The number of hydrogen-bond donors (Lipinski definition) is 2. The Labute approximate surface area is 117 Å². The van der Waals surface area contributed by atoms with Gasteiger partial charge in [-0.05, 0) is 25.8 Å². The first-order chi connectivity index (χ1) is 9.15. The number of carbonyl (C=O) groups is 1. The summed E-state index contributed by atoms with van der Waals surface area (Å²) in [6.45, 7) is 4.41. The van der Waals surface area contributed by atoms with Gasteiger partial charge in [0.2, 0.25) is 0 Å². The first kappa shape index (κ1) is 14.1. The summed E-state index contributed by atoms with van der Waals surface area (Å²) in [5, 5.41) is 4.00. The van der Waals surface area contributed by atoms with E-state index in [0.717, 1.165) is 30.9 Å². The molecule has 1 heterocycles. The van der Waals surface area contributed by atoms with Crippen LogP contribution in [0.25, 0.3) is 0 Å². The Kier molecular flexibility index (Phi) is 4.66. The third kappa shape index (κ3) is 3.61. The van der Waals surface area contributed by atoms with E-state index in [1.165, 1.54) is 11.3 Å². The van der Waals surface area contributed by atoms with Crippen LogP contribution in [0.15, 0.2) is 6.07 Å². The van der Waals surface area contributed by atoms with Crippen LogP contribution in [-0.4, -0.2) is 38.8 Å². The van der Waals surface area contributed by atoms with Gasteiger partial charge in [-0.1, -0.05) is 0 Å². The van der Waals surface area contributed by atoms with Crippen LogP contribution in [-0.2, 0) is 4.74 Å². The first-order valence-electron chi connectivity index (χ1n) is 6.59. The van der Waals surface area contributed by atoms with E-state index in [1.807, 2.05) is 6.07 Å². The smallest absolute Gasteiger partial charge is 0.263 e. The lowest BCUT2D eigenvalue weighted by atomic mass is 10.3. The molecule has 19 heavy (non-hydrogen) atoms. The number of likely N-dealkylation sites (N-methyl/N-ethyl adjacent to an activating group) is 1. The fourth-order valence-corrected chi connectivity index (χ4v) is 2.90. The lowest BCUT2D eigenvalue weighted by Crippen LogP contribution is -2.26. The number of nitrogens with one attached hydrogen (secondary N) is 1. The summed E-state index contributed by atoms with van der Waals surface area (Å²) in [7, 11) is 1.69. The van der Waals surface area contributed by atoms with Crippen LogP contribution >= 0.6 is 11.3 Å². The second-order valence-corrected chi connectivity index (χ2v) is 5.72. The van der Waals surface area contributed by atoms with Gasteiger partial charge >= 0.3 is 0 Å². The molecule has 6 heteroatoms. The highest BCUT2D eigenvalue weighted by Gasteiger charge is 2.26. The number of rotatable bonds is 7. The number of ether oxygens (including phenoxy) is 1. The zero-order valence-corrected chi connectivity index (χ0v) is 12.3. The van der Waals surface area contributed by atoms with E-state index < -0.39 is 0 Å². The zero-order valence-electron chi connectivity index (χ0n) is 11.4. The van der Waals surface area contributed by atoms with Crippen molar-refractivity contribution >= 4 is 27.9 Å². The molecule has 1 aromatic rings. The normalized spacial score (nSPS) is 14.4. The molecule has 3 N–H and O–H groups in total. The number of anilines is 2. The standard InChI is InChI=1S/C13H21N3O2S/c1-3-16(6-7-18-2)11-8-10(14)12(19-11)13(17)15-9-4-5-9/h8-9H,3-7,14H2,1-2H3,(H,15,17). The molecule has 0 bridgehead atoms. The molecule has 0 aromatic carbocycles. The maximum atomic E-state index is 12.0. The van der Waals surface area contributed by atoms with Crippen molar-refractivity contribution in [3.63, 3.8) is 0 Å². The van der Waals surface area contributed by atoms with Crippen molar-refractivity contribution < 1.29 is 9.53 Å². The number of carbonyl (C=O) groups excluding carboxylic acids is 1. The summed E-state index contributed by atoms with van der Waals surface area (Å²) in [6.07, 6.45) is 2.16. The van der Waals surface area contributed by atoms with E-state index in [2.05, 4.69) is 17.1 Å². The zero-order chi connectivity index (χ0) is 13.8. The summed E-state index contributed by atoms with van der Waals surface area (Å²) < 4.78 is 5.09. The SMILES string of the molecule is CCN(CCOC)c1cc(N)c(C(=O)NC2CC2)s1. The number of nitrogens with zero attached hydrogens (tertiary/aromatic N) is 1. The van der Waals surface area contributed by atoms with Crippen molar-refractivity contribution in [1.29, 1.82) is 0 Å². The van der Waals surface area contributed by atoms with Crippen LogP contribution in [0.4, 0.5) is 10.7 Å². The highest BCUT2D eigenvalue weighted by Crippen LogP contribution is 2.32. The average molecular weight is 283 g/mol. The van der Waals surface area contributed by atoms with Gasteiger partial charge in [0.05, 0.1) is 17.3 Å². The van der Waals surface area contributed by atoms with E-state index in [-0.39, 0.29) is 5.91 Å². The summed E-state index contributed by atoms with van der Waals surface area (Å²) in [5.74, 6) is -0.0426. The van der Waals surface area contributed by atoms with Gasteiger partial charge in [0.1, 0.15) is 4.88 Å². The highest BCUT2D eigenvalue weighted by atomic mass is 32.1. The third-order valence-electron chi connectivity index (χ3n) is 3.13. The molecular formula is C13H21N3O2S. The van der Waals surface area contributed by atoms with Crippen molar-refractivity contribution in [1.82, 2.24) is 5.32 Å². The number of thiophene rings is 1. The van der Waals surface area contributed by atoms with Crippen molar-refractivity contribution in [2.75, 3.05) is 37.4 Å².